The quantitative estimate of drug-likeness (QED) is 0.656. The summed E-state index contributed by atoms with van der Waals surface area (Å²) in [6.45, 7) is 0. The van der Waals surface area contributed by atoms with Crippen LogP contribution in [0.2, 0.25) is 0 Å². The maximum atomic E-state index is 11.8. The van der Waals surface area contributed by atoms with Gasteiger partial charge in [0, 0.05) is 0 Å². The number of anilines is 1. The van der Waals surface area contributed by atoms with Gasteiger partial charge in [0.2, 0.25) is 5.82 Å². The van der Waals surface area contributed by atoms with Gasteiger partial charge in [-0.15, -0.1) is 11.3 Å². The van der Waals surface area contributed by atoms with E-state index in [0.29, 0.717) is 17.1 Å². The molecule has 0 aliphatic heterocycles. The minimum absolute atomic E-state index is 0.258. The molecule has 2 heterocycles. The van der Waals surface area contributed by atoms with Gasteiger partial charge in [0.15, 0.2) is 0 Å². The van der Waals surface area contributed by atoms with Gasteiger partial charge < -0.3 is 9.84 Å². The molecule has 0 spiro atoms. The van der Waals surface area contributed by atoms with Crippen molar-refractivity contribution in [2.75, 3.05) is 5.32 Å². The van der Waals surface area contributed by atoms with E-state index >= 15 is 0 Å². The number of para-hydroxylation sites is 1. The van der Waals surface area contributed by atoms with Crippen LogP contribution in [0.25, 0.3) is 22.2 Å². The van der Waals surface area contributed by atoms with E-state index in [1.807, 2.05) is 17.5 Å². The second-order valence-corrected chi connectivity index (χ2v) is 7.63. The van der Waals surface area contributed by atoms with Crippen LogP contribution in [0.3, 0.4) is 0 Å². The Labute approximate surface area is 150 Å². The molecule has 0 saturated carbocycles. The number of amides is 1. The maximum absolute atomic E-state index is 11.8. The van der Waals surface area contributed by atoms with E-state index in [-0.39, 0.29) is 5.89 Å². The molecule has 1 N–H and O–H groups in total. The predicted molar refractivity (Wildman–Crippen MR) is 92.0 cm³/mol. The number of carbonyl (C=O) groups excluding carboxylic acids is 1. The molecule has 0 aliphatic carbocycles. The fraction of sp³-hybridized carbons (Fsp3) is 0.0714. The Morgan fingerprint density at radius 1 is 1.17 bits per heavy atom. The lowest BCUT2D eigenvalue weighted by atomic mass is 10.1. The van der Waals surface area contributed by atoms with Gasteiger partial charge in [-0.25, -0.2) is 0 Å². The number of carbonyl (C=O) groups is 1. The van der Waals surface area contributed by atoms with Crippen LogP contribution in [-0.4, -0.2) is 19.8 Å². The zero-order valence-corrected chi connectivity index (χ0v) is 14.4. The Bertz CT molecular complexity index is 828. The predicted octanol–water partition coefficient (Wildman–Crippen LogP) is 4.77. The van der Waals surface area contributed by atoms with E-state index in [1.165, 1.54) is 11.3 Å². The molecule has 1 amide bonds. The van der Waals surface area contributed by atoms with Gasteiger partial charge >= 0.3 is 0 Å². The van der Waals surface area contributed by atoms with Crippen LogP contribution < -0.4 is 5.32 Å². The highest BCUT2D eigenvalue weighted by molar-refractivity contribution is 7.13. The summed E-state index contributed by atoms with van der Waals surface area (Å²) in [5.74, 6) is -0.0425. The average Bonchev–Trinajstić information content (AvgIpc) is 3.18. The monoisotopic (exact) mass is 387 g/mol. The number of nitrogens with zero attached hydrogens (tertiary/aromatic N) is 2. The molecule has 0 aliphatic rings. The zero-order chi connectivity index (χ0) is 16.4. The number of hydrogen-bond acceptors (Lipinski definition) is 5. The second kappa shape index (κ2) is 6.49. The van der Waals surface area contributed by atoms with Crippen molar-refractivity contribution < 1.29 is 9.32 Å². The van der Waals surface area contributed by atoms with Crippen LogP contribution in [0.4, 0.5) is 5.69 Å². The number of rotatable bonds is 3. The molecular weight excluding hydrogens is 381 g/mol. The topological polar surface area (TPSA) is 68.0 Å². The van der Waals surface area contributed by atoms with Crippen molar-refractivity contribution in [3.63, 3.8) is 0 Å². The number of aromatic nitrogens is 2. The van der Waals surface area contributed by atoms with E-state index in [1.54, 1.807) is 24.3 Å². The first kappa shape index (κ1) is 16.3. The van der Waals surface area contributed by atoms with Crippen molar-refractivity contribution in [3.05, 3.63) is 41.8 Å². The van der Waals surface area contributed by atoms with Crippen molar-refractivity contribution in [2.24, 2.45) is 0 Å². The van der Waals surface area contributed by atoms with Gasteiger partial charge in [0.05, 0.1) is 16.1 Å². The Morgan fingerprint density at radius 3 is 2.65 bits per heavy atom. The summed E-state index contributed by atoms with van der Waals surface area (Å²) in [4.78, 5) is 17.1. The Hall–Kier alpha value is -1.60. The van der Waals surface area contributed by atoms with Crippen molar-refractivity contribution >= 4 is 57.7 Å². The Kier molecular flexibility index (Phi) is 4.59. The van der Waals surface area contributed by atoms with E-state index < -0.39 is 9.70 Å². The van der Waals surface area contributed by atoms with E-state index in [2.05, 4.69) is 15.5 Å². The molecule has 1 aromatic carbocycles. The van der Waals surface area contributed by atoms with Gasteiger partial charge in [-0.3, -0.25) is 4.79 Å². The number of benzene rings is 1. The first-order valence-corrected chi connectivity index (χ1v) is 8.31. The molecule has 3 rings (SSSR count). The van der Waals surface area contributed by atoms with E-state index in [0.717, 1.165) is 4.88 Å². The highest BCUT2D eigenvalue weighted by Crippen LogP contribution is 2.32. The molecule has 118 valence electrons. The molecule has 0 radical (unpaired) electrons. The first-order valence-electron chi connectivity index (χ1n) is 6.30. The van der Waals surface area contributed by atoms with Gasteiger partial charge in [-0.05, 0) is 23.6 Å². The normalized spacial score (nSPS) is 11.4. The van der Waals surface area contributed by atoms with Gasteiger partial charge in [0.1, 0.15) is 0 Å². The smallest absolute Gasteiger partial charge is 0.276 e. The molecule has 0 saturated heterocycles. The molecule has 0 bridgehead atoms. The van der Waals surface area contributed by atoms with Crippen LogP contribution in [0.5, 0.6) is 0 Å². The zero-order valence-electron chi connectivity index (χ0n) is 11.3. The van der Waals surface area contributed by atoms with E-state index in [9.17, 15) is 4.79 Å². The molecular formula is C14H8Cl3N3O2S. The maximum Gasteiger partial charge on any atom is 0.276 e. The fourth-order valence-corrected chi connectivity index (χ4v) is 2.60. The van der Waals surface area contributed by atoms with Crippen molar-refractivity contribution in [1.29, 1.82) is 0 Å². The van der Waals surface area contributed by atoms with E-state index in [4.69, 9.17) is 39.3 Å². The molecule has 9 heteroatoms. The average molecular weight is 389 g/mol. The molecule has 0 unspecified atom stereocenters. The Balaban J connectivity index is 1.93. The lowest BCUT2D eigenvalue weighted by Crippen LogP contribution is -2.27. The first-order chi connectivity index (χ1) is 10.9. The summed E-state index contributed by atoms with van der Waals surface area (Å²) in [6.07, 6.45) is 0. The van der Waals surface area contributed by atoms with Gasteiger partial charge in [-0.2, -0.15) is 4.98 Å². The fourth-order valence-electron chi connectivity index (χ4n) is 1.81. The summed E-state index contributed by atoms with van der Waals surface area (Å²) in [6, 6.07) is 10.7. The summed E-state index contributed by atoms with van der Waals surface area (Å²) in [5, 5.41) is 8.39. The SMILES string of the molecule is O=C(Nc1ccccc1-c1nc(-c2cccs2)no1)C(Cl)(Cl)Cl. The number of hydrogen-bond donors (Lipinski definition) is 1. The number of alkyl halides is 3. The minimum atomic E-state index is -2.07. The summed E-state index contributed by atoms with van der Waals surface area (Å²) in [5.41, 5.74) is 0.940. The van der Waals surface area contributed by atoms with Gasteiger partial charge in [0.25, 0.3) is 15.6 Å². The van der Waals surface area contributed by atoms with Gasteiger partial charge in [-0.1, -0.05) is 58.2 Å². The minimum Gasteiger partial charge on any atom is -0.334 e. The van der Waals surface area contributed by atoms with Crippen molar-refractivity contribution in [3.8, 4) is 22.2 Å². The molecule has 5 nitrogen and oxygen atoms in total. The number of halogens is 3. The van der Waals surface area contributed by atoms with Crippen LogP contribution in [0, 0.1) is 0 Å². The second-order valence-electron chi connectivity index (χ2n) is 4.40. The van der Waals surface area contributed by atoms with Crippen LogP contribution >= 0.6 is 46.1 Å². The van der Waals surface area contributed by atoms with Crippen LogP contribution in [0.15, 0.2) is 46.3 Å². The Morgan fingerprint density at radius 2 is 1.96 bits per heavy atom. The van der Waals surface area contributed by atoms with Crippen LogP contribution in [-0.2, 0) is 4.79 Å². The van der Waals surface area contributed by atoms with Crippen molar-refractivity contribution in [2.45, 2.75) is 3.79 Å². The lowest BCUT2D eigenvalue weighted by molar-refractivity contribution is -0.115. The third kappa shape index (κ3) is 3.67. The lowest BCUT2D eigenvalue weighted by Gasteiger charge is -2.13. The molecule has 2 aromatic heterocycles. The third-order valence-corrected chi connectivity index (χ3v) is 4.21. The molecule has 0 atom stereocenters. The number of thiophene rings is 1. The molecule has 3 aromatic rings. The largest absolute Gasteiger partial charge is 0.334 e. The third-order valence-electron chi connectivity index (χ3n) is 2.83. The van der Waals surface area contributed by atoms with Crippen LogP contribution in [0.1, 0.15) is 0 Å². The summed E-state index contributed by atoms with van der Waals surface area (Å²) >= 11 is 18.2. The van der Waals surface area contributed by atoms with Crippen molar-refractivity contribution in [1.82, 2.24) is 10.1 Å². The highest BCUT2D eigenvalue weighted by atomic mass is 35.6. The standard InChI is InChI=1S/C14H8Cl3N3O2S/c15-14(16,17)13(21)18-9-5-2-1-4-8(9)12-19-11(20-22-12)10-6-3-7-23-10/h1-7H,(H,18,21). The summed E-state index contributed by atoms with van der Waals surface area (Å²) < 4.78 is 3.21. The molecule has 0 fully saturated rings. The number of nitrogens with one attached hydrogen (secondary N) is 1. The highest BCUT2D eigenvalue weighted by Gasteiger charge is 2.31. The molecule has 23 heavy (non-hydrogen) atoms. The summed E-state index contributed by atoms with van der Waals surface area (Å²) in [7, 11) is 0.